The van der Waals surface area contributed by atoms with E-state index in [1.165, 1.54) is 5.56 Å². The van der Waals surface area contributed by atoms with Gasteiger partial charge in [0.05, 0.1) is 7.11 Å². The van der Waals surface area contributed by atoms with Crippen LogP contribution < -0.4 is 10.1 Å². The highest BCUT2D eigenvalue weighted by molar-refractivity contribution is 9.10. The van der Waals surface area contributed by atoms with Crippen molar-refractivity contribution in [1.82, 2.24) is 5.32 Å². The van der Waals surface area contributed by atoms with Crippen LogP contribution in [0.2, 0.25) is 0 Å². The predicted octanol–water partition coefficient (Wildman–Crippen LogP) is 3.53. The highest BCUT2D eigenvalue weighted by Crippen LogP contribution is 2.36. The van der Waals surface area contributed by atoms with Crippen LogP contribution in [0.1, 0.15) is 31.4 Å². The number of ether oxygens (including phenoxy) is 2. The van der Waals surface area contributed by atoms with E-state index in [1.54, 1.807) is 7.11 Å². The van der Waals surface area contributed by atoms with Crippen molar-refractivity contribution in [3.05, 3.63) is 28.2 Å². The molecule has 1 saturated heterocycles. The Morgan fingerprint density at radius 2 is 2.16 bits per heavy atom. The Balaban J connectivity index is 2.28. The van der Waals surface area contributed by atoms with E-state index in [-0.39, 0.29) is 0 Å². The molecule has 1 aliphatic heterocycles. The van der Waals surface area contributed by atoms with Gasteiger partial charge in [-0.2, -0.15) is 0 Å². The first kappa shape index (κ1) is 14.8. The first-order valence-electron chi connectivity index (χ1n) is 6.90. The maximum atomic E-state index is 5.53. The van der Waals surface area contributed by atoms with Crippen molar-refractivity contribution in [3.8, 4) is 5.75 Å². The molecule has 1 aromatic carbocycles. The van der Waals surface area contributed by atoms with Crippen LogP contribution in [0.25, 0.3) is 0 Å². The summed E-state index contributed by atoms with van der Waals surface area (Å²) < 4.78 is 12.1. The lowest BCUT2D eigenvalue weighted by Crippen LogP contribution is -2.32. The van der Waals surface area contributed by atoms with Crippen molar-refractivity contribution >= 4 is 15.9 Å². The summed E-state index contributed by atoms with van der Waals surface area (Å²) in [5.41, 5.74) is 1.24. The summed E-state index contributed by atoms with van der Waals surface area (Å²) in [5.74, 6) is 1.57. The van der Waals surface area contributed by atoms with E-state index in [1.807, 2.05) is 12.1 Å². The minimum absolute atomic E-state index is 0.335. The molecule has 4 heteroatoms. The van der Waals surface area contributed by atoms with E-state index >= 15 is 0 Å². The third-order valence-corrected chi connectivity index (χ3v) is 4.18. The standard InChI is InChI=1S/C15H22BrNO2/c1-3-17-15(11-6-8-19-9-7-11)13-10-12(16)4-5-14(13)18-2/h4-5,10-11,15,17H,3,6-9H2,1-2H3. The van der Waals surface area contributed by atoms with E-state index in [0.717, 1.165) is 42.8 Å². The minimum atomic E-state index is 0.335. The number of hydrogen-bond donors (Lipinski definition) is 1. The first-order chi connectivity index (χ1) is 9.26. The smallest absolute Gasteiger partial charge is 0.123 e. The Morgan fingerprint density at radius 3 is 2.79 bits per heavy atom. The molecule has 0 radical (unpaired) electrons. The van der Waals surface area contributed by atoms with Gasteiger partial charge in [-0.3, -0.25) is 0 Å². The van der Waals surface area contributed by atoms with Crippen LogP contribution in [0.15, 0.2) is 22.7 Å². The molecule has 0 saturated carbocycles. The molecule has 1 N–H and O–H groups in total. The molecule has 3 nitrogen and oxygen atoms in total. The fourth-order valence-corrected chi connectivity index (χ4v) is 3.13. The van der Waals surface area contributed by atoms with Gasteiger partial charge in [0.1, 0.15) is 5.75 Å². The van der Waals surface area contributed by atoms with E-state index in [4.69, 9.17) is 9.47 Å². The van der Waals surface area contributed by atoms with Gasteiger partial charge in [-0.25, -0.2) is 0 Å². The highest BCUT2D eigenvalue weighted by atomic mass is 79.9. The lowest BCUT2D eigenvalue weighted by atomic mass is 9.86. The van der Waals surface area contributed by atoms with Crippen molar-refractivity contribution in [3.63, 3.8) is 0 Å². The SMILES string of the molecule is CCNC(c1cc(Br)ccc1OC)C1CCOCC1. The van der Waals surface area contributed by atoms with E-state index in [2.05, 4.69) is 34.2 Å². The normalized spacial score (nSPS) is 18.3. The second-order valence-electron chi connectivity index (χ2n) is 4.87. The summed E-state index contributed by atoms with van der Waals surface area (Å²) in [5, 5.41) is 3.61. The third-order valence-electron chi connectivity index (χ3n) is 3.69. The summed E-state index contributed by atoms with van der Waals surface area (Å²) in [6.07, 6.45) is 2.21. The van der Waals surface area contributed by atoms with Crippen molar-refractivity contribution in [2.24, 2.45) is 5.92 Å². The van der Waals surface area contributed by atoms with Gasteiger partial charge in [0.15, 0.2) is 0 Å². The molecule has 1 heterocycles. The molecule has 106 valence electrons. The molecular formula is C15H22BrNO2. The average molecular weight is 328 g/mol. The Bertz CT molecular complexity index is 405. The Labute approximate surface area is 123 Å². The number of methoxy groups -OCH3 is 1. The maximum absolute atomic E-state index is 5.53. The van der Waals surface area contributed by atoms with E-state index < -0.39 is 0 Å². The van der Waals surface area contributed by atoms with Crippen LogP contribution in [-0.4, -0.2) is 26.9 Å². The monoisotopic (exact) mass is 327 g/mol. The number of nitrogens with one attached hydrogen (secondary N) is 1. The summed E-state index contributed by atoms with van der Waals surface area (Å²) in [4.78, 5) is 0. The zero-order valence-electron chi connectivity index (χ0n) is 11.6. The minimum Gasteiger partial charge on any atom is -0.496 e. The van der Waals surface area contributed by atoms with Crippen molar-refractivity contribution in [2.45, 2.75) is 25.8 Å². The van der Waals surface area contributed by atoms with Crippen LogP contribution in [0, 0.1) is 5.92 Å². The van der Waals surface area contributed by atoms with E-state index in [0.29, 0.717) is 12.0 Å². The molecule has 1 atom stereocenters. The molecular weight excluding hydrogens is 306 g/mol. The number of benzene rings is 1. The van der Waals surface area contributed by atoms with Gasteiger partial charge < -0.3 is 14.8 Å². The van der Waals surface area contributed by atoms with Gasteiger partial charge in [-0.1, -0.05) is 22.9 Å². The van der Waals surface area contributed by atoms with Crippen molar-refractivity contribution < 1.29 is 9.47 Å². The third kappa shape index (κ3) is 3.71. The summed E-state index contributed by atoms with van der Waals surface area (Å²) in [6, 6.07) is 6.56. The Morgan fingerprint density at radius 1 is 1.42 bits per heavy atom. The molecule has 0 bridgehead atoms. The first-order valence-corrected chi connectivity index (χ1v) is 7.70. The molecule has 0 aromatic heterocycles. The zero-order chi connectivity index (χ0) is 13.7. The molecule has 0 spiro atoms. The van der Waals surface area contributed by atoms with Crippen LogP contribution in [0.5, 0.6) is 5.75 Å². The molecule has 1 unspecified atom stereocenters. The van der Waals surface area contributed by atoms with Crippen LogP contribution in [0.3, 0.4) is 0 Å². The molecule has 1 aliphatic rings. The molecule has 2 rings (SSSR count). The fourth-order valence-electron chi connectivity index (χ4n) is 2.75. The molecule has 0 aliphatic carbocycles. The molecule has 1 fully saturated rings. The number of rotatable bonds is 5. The van der Waals surface area contributed by atoms with Crippen LogP contribution >= 0.6 is 15.9 Å². The van der Waals surface area contributed by atoms with Gasteiger partial charge >= 0.3 is 0 Å². The molecule has 1 aromatic rings. The summed E-state index contributed by atoms with van der Waals surface area (Å²) in [6.45, 7) is 4.83. The highest BCUT2D eigenvalue weighted by Gasteiger charge is 2.27. The number of hydrogen-bond acceptors (Lipinski definition) is 3. The largest absolute Gasteiger partial charge is 0.496 e. The van der Waals surface area contributed by atoms with Gasteiger partial charge in [0.25, 0.3) is 0 Å². The van der Waals surface area contributed by atoms with Crippen molar-refractivity contribution in [2.75, 3.05) is 26.9 Å². The second kappa shape index (κ2) is 7.27. The van der Waals surface area contributed by atoms with Crippen LogP contribution in [-0.2, 0) is 4.74 Å². The van der Waals surface area contributed by atoms with Crippen molar-refractivity contribution in [1.29, 1.82) is 0 Å². The average Bonchev–Trinajstić information content (AvgIpc) is 2.45. The molecule has 19 heavy (non-hydrogen) atoms. The van der Waals surface area contributed by atoms with Gasteiger partial charge in [-0.05, 0) is 43.5 Å². The summed E-state index contributed by atoms with van der Waals surface area (Å²) >= 11 is 3.56. The maximum Gasteiger partial charge on any atom is 0.123 e. The lowest BCUT2D eigenvalue weighted by Gasteiger charge is -2.32. The Hall–Kier alpha value is -0.580. The second-order valence-corrected chi connectivity index (χ2v) is 5.79. The van der Waals surface area contributed by atoms with E-state index in [9.17, 15) is 0 Å². The topological polar surface area (TPSA) is 30.5 Å². The predicted molar refractivity (Wildman–Crippen MR) is 80.7 cm³/mol. The van der Waals surface area contributed by atoms with Crippen LogP contribution in [0.4, 0.5) is 0 Å². The number of halogens is 1. The van der Waals surface area contributed by atoms with Gasteiger partial charge in [0, 0.05) is 29.3 Å². The molecule has 0 amide bonds. The van der Waals surface area contributed by atoms with Gasteiger partial charge in [0.2, 0.25) is 0 Å². The van der Waals surface area contributed by atoms with Gasteiger partial charge in [-0.15, -0.1) is 0 Å². The fraction of sp³-hybridized carbons (Fsp3) is 0.600. The zero-order valence-corrected chi connectivity index (χ0v) is 13.2. The lowest BCUT2D eigenvalue weighted by molar-refractivity contribution is 0.0535. The quantitative estimate of drug-likeness (QED) is 0.897. The Kier molecular flexibility index (Phi) is 5.67. The summed E-state index contributed by atoms with van der Waals surface area (Å²) in [7, 11) is 1.74.